The van der Waals surface area contributed by atoms with Crippen molar-refractivity contribution in [3.05, 3.63) is 150 Å². The first-order valence-corrected chi connectivity index (χ1v) is 17.7. The van der Waals surface area contributed by atoms with Gasteiger partial charge in [0.1, 0.15) is 0 Å². The Morgan fingerprint density at radius 1 is 0.643 bits per heavy atom. The highest BCUT2D eigenvalue weighted by Crippen LogP contribution is 2.39. The molecule has 1 saturated heterocycles. The van der Waals surface area contributed by atoms with Crippen molar-refractivity contribution in [1.29, 1.82) is 0 Å². The van der Waals surface area contributed by atoms with Gasteiger partial charge in [-0.15, -0.1) is 0 Å². The Kier molecular flexibility index (Phi) is 8.95. The second-order valence-electron chi connectivity index (χ2n) is 11.1. The van der Waals surface area contributed by atoms with Crippen LogP contribution in [0.2, 0.25) is 0 Å². The lowest BCUT2D eigenvalue weighted by atomic mass is 10.2. The van der Waals surface area contributed by atoms with Crippen LogP contribution in [0.25, 0.3) is 0 Å². The molecule has 0 saturated carbocycles. The fraction of sp³-hybridized carbons (Fsp3) is 0.184. The Morgan fingerprint density at radius 2 is 1.14 bits per heavy atom. The molecule has 1 amide bonds. The average Bonchev–Trinajstić information content (AvgIpc) is 3.50. The third-order valence-electron chi connectivity index (χ3n) is 8.13. The van der Waals surface area contributed by atoms with Gasteiger partial charge < -0.3 is 4.90 Å². The minimum atomic E-state index is -0.867. The summed E-state index contributed by atoms with van der Waals surface area (Å²) in [6.45, 7) is 5.11. The molecule has 1 aliphatic heterocycles. The quantitative estimate of drug-likeness (QED) is 0.184. The number of hydrogen-bond acceptors (Lipinski definition) is 1. The summed E-state index contributed by atoms with van der Waals surface area (Å²) in [6.07, 6.45) is 3.09. The van der Waals surface area contributed by atoms with E-state index in [0.717, 1.165) is 36.4 Å². The molecule has 4 heteroatoms. The number of rotatable bonds is 8. The molecule has 5 aromatic carbocycles. The number of carbonyl (C=O) groups excluding carboxylic acids is 1. The van der Waals surface area contributed by atoms with E-state index in [4.69, 9.17) is 0 Å². The number of hydrogen-bond donors (Lipinski definition) is 0. The minimum absolute atomic E-state index is 0.176. The van der Waals surface area contributed by atoms with Crippen LogP contribution < -0.4 is 26.5 Å². The Bertz CT molecular complexity index is 1530. The molecule has 0 unspecified atom stereocenters. The maximum Gasteiger partial charge on any atom is 0.254 e. The number of nitrogens with zero attached hydrogens (tertiary/aromatic N) is 1. The molecule has 0 aromatic heterocycles. The third kappa shape index (κ3) is 6.27. The number of amides is 1. The molecule has 1 heterocycles. The molecular formula is C38H37NOP2. The second-order valence-corrected chi connectivity index (χ2v) is 15.5. The molecule has 1 aliphatic rings. The predicted molar refractivity (Wildman–Crippen MR) is 183 cm³/mol. The summed E-state index contributed by atoms with van der Waals surface area (Å²) in [4.78, 5) is 16.7. The van der Waals surface area contributed by atoms with Crippen LogP contribution in [0.4, 0.5) is 0 Å². The van der Waals surface area contributed by atoms with Crippen LogP contribution in [0.1, 0.15) is 34.3 Å². The van der Waals surface area contributed by atoms with Gasteiger partial charge in [-0.05, 0) is 81.3 Å². The van der Waals surface area contributed by atoms with Crippen LogP contribution in [0, 0.1) is 13.8 Å². The molecule has 0 N–H and O–H groups in total. The van der Waals surface area contributed by atoms with Crippen LogP contribution >= 0.6 is 15.8 Å². The van der Waals surface area contributed by atoms with Gasteiger partial charge in [0.15, 0.2) is 0 Å². The van der Waals surface area contributed by atoms with Gasteiger partial charge in [-0.3, -0.25) is 4.79 Å². The SMILES string of the molecule is Cc1ccc(P(C[C@H]2CCCN2C(=O)c2ccccc2P(c2ccccc2)c2ccccc2)c2ccc(C)cc2)cc1. The molecule has 2 nitrogen and oxygen atoms in total. The van der Waals surface area contributed by atoms with Crippen LogP contribution in [-0.4, -0.2) is 29.6 Å². The first kappa shape index (κ1) is 28.5. The average molecular weight is 586 g/mol. The summed E-state index contributed by atoms with van der Waals surface area (Å²) in [5.41, 5.74) is 3.40. The molecule has 5 aromatic rings. The van der Waals surface area contributed by atoms with E-state index in [2.05, 4.69) is 146 Å². The first-order chi connectivity index (χ1) is 20.6. The monoisotopic (exact) mass is 585 g/mol. The van der Waals surface area contributed by atoms with E-state index < -0.39 is 15.8 Å². The highest BCUT2D eigenvalue weighted by atomic mass is 31.1. The molecule has 1 fully saturated rings. The van der Waals surface area contributed by atoms with Crippen molar-refractivity contribution in [2.24, 2.45) is 0 Å². The minimum Gasteiger partial charge on any atom is -0.335 e. The second kappa shape index (κ2) is 13.2. The number of carbonyl (C=O) groups is 1. The third-order valence-corrected chi connectivity index (χ3v) is 13.3. The summed E-state index contributed by atoms with van der Waals surface area (Å²) in [6, 6.07) is 48.0. The molecule has 6 rings (SSSR count). The van der Waals surface area contributed by atoms with Gasteiger partial charge in [-0.25, -0.2) is 0 Å². The maximum atomic E-state index is 14.5. The van der Waals surface area contributed by atoms with Gasteiger partial charge >= 0.3 is 0 Å². The summed E-state index contributed by atoms with van der Waals surface area (Å²) < 4.78 is 0. The Balaban J connectivity index is 1.35. The fourth-order valence-corrected chi connectivity index (χ4v) is 10.9. The fourth-order valence-electron chi connectivity index (χ4n) is 5.90. The molecule has 210 valence electrons. The van der Waals surface area contributed by atoms with Crippen LogP contribution in [0.15, 0.2) is 133 Å². The topological polar surface area (TPSA) is 20.3 Å². The number of benzene rings is 5. The van der Waals surface area contributed by atoms with Crippen molar-refractivity contribution >= 4 is 48.3 Å². The van der Waals surface area contributed by atoms with Crippen LogP contribution in [0.3, 0.4) is 0 Å². The molecule has 0 spiro atoms. The van der Waals surface area contributed by atoms with Crippen LogP contribution in [0.5, 0.6) is 0 Å². The largest absolute Gasteiger partial charge is 0.335 e. The van der Waals surface area contributed by atoms with Crippen molar-refractivity contribution in [2.75, 3.05) is 12.7 Å². The highest BCUT2D eigenvalue weighted by molar-refractivity contribution is 7.80. The Labute approximate surface area is 252 Å². The van der Waals surface area contributed by atoms with Crippen molar-refractivity contribution in [3.63, 3.8) is 0 Å². The highest BCUT2D eigenvalue weighted by Gasteiger charge is 2.34. The van der Waals surface area contributed by atoms with Crippen molar-refractivity contribution in [1.82, 2.24) is 4.90 Å². The molecule has 1 atom stereocenters. The van der Waals surface area contributed by atoms with E-state index in [1.165, 1.54) is 32.3 Å². The van der Waals surface area contributed by atoms with Gasteiger partial charge in [-0.2, -0.15) is 0 Å². The first-order valence-electron chi connectivity index (χ1n) is 14.8. The van der Waals surface area contributed by atoms with Crippen molar-refractivity contribution in [3.8, 4) is 0 Å². The molecular weight excluding hydrogens is 548 g/mol. The molecule has 0 aliphatic carbocycles. The van der Waals surface area contributed by atoms with E-state index in [1.54, 1.807) is 0 Å². The van der Waals surface area contributed by atoms with Crippen LogP contribution in [-0.2, 0) is 0 Å². The zero-order valence-electron chi connectivity index (χ0n) is 24.4. The molecule has 42 heavy (non-hydrogen) atoms. The summed E-state index contributed by atoms with van der Waals surface area (Å²) in [7, 11) is -1.46. The summed E-state index contributed by atoms with van der Waals surface area (Å²) in [5, 5.41) is 6.44. The standard InChI is InChI=1S/C38H37NOP2/c1-29-19-23-32(24-20-29)41(33-25-21-30(2)22-26-33)28-31-12-11-27-39(31)38(40)36-17-9-10-18-37(36)42(34-13-5-3-6-14-34)35-15-7-4-8-16-35/h3-10,13-26,31H,11-12,27-28H2,1-2H3/t31-/m1/s1. The molecule has 0 bridgehead atoms. The predicted octanol–water partition coefficient (Wildman–Crippen LogP) is 6.80. The summed E-state index contributed by atoms with van der Waals surface area (Å²) in [5.74, 6) is 0.176. The van der Waals surface area contributed by atoms with E-state index in [0.29, 0.717) is 0 Å². The lowest BCUT2D eigenvalue weighted by molar-refractivity contribution is 0.0751. The normalized spacial score (nSPS) is 15.0. The summed E-state index contributed by atoms with van der Waals surface area (Å²) >= 11 is 0. The number of aryl methyl sites for hydroxylation is 2. The number of likely N-dealkylation sites (tertiary alicyclic amines) is 1. The Hall–Kier alpha value is -3.57. The Morgan fingerprint density at radius 3 is 1.69 bits per heavy atom. The maximum absolute atomic E-state index is 14.5. The van der Waals surface area contributed by atoms with E-state index in [-0.39, 0.29) is 11.9 Å². The lowest BCUT2D eigenvalue weighted by Gasteiger charge is -2.31. The smallest absolute Gasteiger partial charge is 0.254 e. The lowest BCUT2D eigenvalue weighted by Crippen LogP contribution is -2.40. The van der Waals surface area contributed by atoms with Gasteiger partial charge in [0.25, 0.3) is 5.91 Å². The van der Waals surface area contributed by atoms with Crippen molar-refractivity contribution < 1.29 is 4.79 Å². The van der Waals surface area contributed by atoms with E-state index in [1.807, 2.05) is 6.07 Å². The molecule has 0 radical (unpaired) electrons. The van der Waals surface area contributed by atoms with E-state index in [9.17, 15) is 4.79 Å². The van der Waals surface area contributed by atoms with Gasteiger partial charge in [0.05, 0.1) is 0 Å². The van der Waals surface area contributed by atoms with Gasteiger partial charge in [0.2, 0.25) is 0 Å². The van der Waals surface area contributed by atoms with E-state index >= 15 is 0 Å². The van der Waals surface area contributed by atoms with Crippen molar-refractivity contribution in [2.45, 2.75) is 32.7 Å². The van der Waals surface area contributed by atoms with Gasteiger partial charge in [0, 0.05) is 18.2 Å². The van der Waals surface area contributed by atoms with Gasteiger partial charge in [-0.1, -0.05) is 139 Å². The zero-order valence-corrected chi connectivity index (χ0v) is 26.1. The zero-order chi connectivity index (χ0) is 28.9.